The van der Waals surface area contributed by atoms with Crippen LogP contribution in [0.2, 0.25) is 0 Å². The summed E-state index contributed by atoms with van der Waals surface area (Å²) in [6.07, 6.45) is 0.852. The van der Waals surface area contributed by atoms with Crippen molar-refractivity contribution in [1.29, 1.82) is 0 Å². The van der Waals surface area contributed by atoms with E-state index >= 15 is 0 Å². The van der Waals surface area contributed by atoms with Gasteiger partial charge in [0.05, 0.1) is 4.90 Å². The first kappa shape index (κ1) is 16.5. The smallest absolute Gasteiger partial charge is 0.329 e. The number of benzene rings is 1. The second kappa shape index (κ2) is 6.23. The third kappa shape index (κ3) is 3.29. The van der Waals surface area contributed by atoms with Gasteiger partial charge in [-0.05, 0) is 44.2 Å². The minimum atomic E-state index is -3.48. The molecule has 0 aliphatic heterocycles. The highest BCUT2D eigenvalue weighted by atomic mass is 32.2. The summed E-state index contributed by atoms with van der Waals surface area (Å²) in [7, 11) is -2.14. The maximum atomic E-state index is 11.6. The van der Waals surface area contributed by atoms with Gasteiger partial charge < -0.3 is 10.4 Å². The molecule has 0 spiro atoms. The molecule has 0 unspecified atom stereocenters. The molecule has 0 aliphatic rings. The molecule has 1 aromatic carbocycles. The van der Waals surface area contributed by atoms with E-state index < -0.39 is 21.5 Å². The molecule has 0 bridgehead atoms. The molecular formula is C13H20N2O4S. The van der Waals surface area contributed by atoms with E-state index in [0.29, 0.717) is 18.5 Å². The van der Waals surface area contributed by atoms with Gasteiger partial charge in [0, 0.05) is 5.69 Å². The Labute approximate surface area is 119 Å². The number of sulfonamides is 1. The van der Waals surface area contributed by atoms with Crippen molar-refractivity contribution < 1.29 is 18.3 Å². The molecule has 0 aromatic heterocycles. The van der Waals surface area contributed by atoms with E-state index in [1.807, 2.05) is 0 Å². The maximum Gasteiger partial charge on any atom is 0.329 e. The quantitative estimate of drug-likeness (QED) is 0.711. The van der Waals surface area contributed by atoms with Gasteiger partial charge in [0.2, 0.25) is 10.0 Å². The summed E-state index contributed by atoms with van der Waals surface area (Å²) < 4.78 is 25.4. The molecule has 0 fully saturated rings. The zero-order valence-electron chi connectivity index (χ0n) is 11.8. The maximum absolute atomic E-state index is 11.6. The van der Waals surface area contributed by atoms with E-state index in [4.69, 9.17) is 0 Å². The van der Waals surface area contributed by atoms with E-state index in [-0.39, 0.29) is 4.90 Å². The molecule has 7 heteroatoms. The SMILES string of the molecule is CCC(CC)(Nc1ccc(S(=O)(=O)NC)cc1)C(=O)O. The Morgan fingerprint density at radius 2 is 1.70 bits per heavy atom. The lowest BCUT2D eigenvalue weighted by Gasteiger charge is -2.29. The number of hydrogen-bond donors (Lipinski definition) is 3. The van der Waals surface area contributed by atoms with E-state index in [2.05, 4.69) is 10.0 Å². The van der Waals surface area contributed by atoms with Gasteiger partial charge in [-0.25, -0.2) is 17.9 Å². The first-order valence-electron chi connectivity index (χ1n) is 6.36. The summed E-state index contributed by atoms with van der Waals surface area (Å²) in [5.41, 5.74) is -0.463. The lowest BCUT2D eigenvalue weighted by atomic mass is 9.92. The van der Waals surface area contributed by atoms with Crippen LogP contribution in [0.5, 0.6) is 0 Å². The highest BCUT2D eigenvalue weighted by Gasteiger charge is 2.34. The zero-order chi connectivity index (χ0) is 15.4. The monoisotopic (exact) mass is 300 g/mol. The molecule has 0 atom stereocenters. The first-order chi connectivity index (χ1) is 9.31. The minimum absolute atomic E-state index is 0.138. The summed E-state index contributed by atoms with van der Waals surface area (Å²) in [6, 6.07) is 6.00. The first-order valence-corrected chi connectivity index (χ1v) is 7.85. The van der Waals surface area contributed by atoms with Crippen LogP contribution in [0.25, 0.3) is 0 Å². The number of carboxylic acid groups (broad SMARTS) is 1. The third-order valence-corrected chi connectivity index (χ3v) is 4.86. The average molecular weight is 300 g/mol. The molecule has 20 heavy (non-hydrogen) atoms. The Hall–Kier alpha value is -1.60. The lowest BCUT2D eigenvalue weighted by molar-refractivity contribution is -0.142. The highest BCUT2D eigenvalue weighted by molar-refractivity contribution is 7.89. The second-order valence-electron chi connectivity index (χ2n) is 4.45. The molecule has 0 heterocycles. The van der Waals surface area contributed by atoms with Crippen molar-refractivity contribution in [2.24, 2.45) is 0 Å². The van der Waals surface area contributed by atoms with Gasteiger partial charge in [0.1, 0.15) is 5.54 Å². The molecule has 3 N–H and O–H groups in total. The number of aliphatic carboxylic acids is 1. The normalized spacial score (nSPS) is 12.2. The number of nitrogens with one attached hydrogen (secondary N) is 2. The number of carbonyl (C=O) groups is 1. The van der Waals surface area contributed by atoms with Crippen LogP contribution >= 0.6 is 0 Å². The van der Waals surface area contributed by atoms with Crippen LogP contribution in [-0.4, -0.2) is 32.1 Å². The molecular weight excluding hydrogens is 280 g/mol. The van der Waals surface area contributed by atoms with E-state index in [1.165, 1.54) is 19.2 Å². The summed E-state index contributed by atoms with van der Waals surface area (Å²) in [4.78, 5) is 11.5. The lowest BCUT2D eigenvalue weighted by Crippen LogP contribution is -2.45. The van der Waals surface area contributed by atoms with Crippen molar-refractivity contribution in [3.8, 4) is 0 Å². The molecule has 0 saturated carbocycles. The molecule has 0 radical (unpaired) electrons. The van der Waals surface area contributed by atoms with Gasteiger partial charge >= 0.3 is 5.97 Å². The fourth-order valence-corrected chi connectivity index (χ4v) is 2.62. The van der Waals surface area contributed by atoms with Crippen LogP contribution in [0.3, 0.4) is 0 Å². The van der Waals surface area contributed by atoms with Crippen molar-refractivity contribution in [3.63, 3.8) is 0 Å². The molecule has 112 valence electrons. The molecule has 1 rings (SSSR count). The average Bonchev–Trinajstić information content (AvgIpc) is 2.45. The minimum Gasteiger partial charge on any atom is -0.480 e. The number of hydrogen-bond acceptors (Lipinski definition) is 4. The van der Waals surface area contributed by atoms with Crippen molar-refractivity contribution in [2.45, 2.75) is 37.1 Å². The third-order valence-electron chi connectivity index (χ3n) is 3.43. The summed E-state index contributed by atoms with van der Waals surface area (Å²) >= 11 is 0. The Morgan fingerprint density at radius 3 is 2.05 bits per heavy atom. The van der Waals surface area contributed by atoms with Crippen molar-refractivity contribution in [2.75, 3.05) is 12.4 Å². The molecule has 0 saturated heterocycles. The van der Waals surface area contributed by atoms with Gasteiger partial charge in [0.15, 0.2) is 0 Å². The highest BCUT2D eigenvalue weighted by Crippen LogP contribution is 2.23. The summed E-state index contributed by atoms with van der Waals surface area (Å²) in [5.74, 6) is -0.922. The standard InChI is InChI=1S/C13H20N2O4S/c1-4-13(5-2,12(16)17)15-10-6-8-11(9-7-10)20(18,19)14-3/h6-9,14-15H,4-5H2,1-3H3,(H,16,17). The fourth-order valence-electron chi connectivity index (χ4n) is 1.89. The van der Waals surface area contributed by atoms with Crippen molar-refractivity contribution >= 4 is 21.7 Å². The molecule has 6 nitrogen and oxygen atoms in total. The number of rotatable bonds is 7. The van der Waals surface area contributed by atoms with Gasteiger partial charge in [-0.2, -0.15) is 0 Å². The van der Waals surface area contributed by atoms with E-state index in [1.54, 1.807) is 26.0 Å². The Morgan fingerprint density at radius 1 is 1.20 bits per heavy atom. The largest absolute Gasteiger partial charge is 0.480 e. The zero-order valence-corrected chi connectivity index (χ0v) is 12.6. The van der Waals surface area contributed by atoms with Gasteiger partial charge in [-0.3, -0.25) is 0 Å². The summed E-state index contributed by atoms with van der Waals surface area (Å²) in [5, 5.41) is 12.3. The Balaban J connectivity index is 3.03. The van der Waals surface area contributed by atoms with Crippen molar-refractivity contribution in [3.05, 3.63) is 24.3 Å². The number of anilines is 1. The van der Waals surface area contributed by atoms with Crippen LogP contribution < -0.4 is 10.0 Å². The summed E-state index contributed by atoms with van der Waals surface area (Å²) in [6.45, 7) is 3.59. The molecule has 0 aliphatic carbocycles. The van der Waals surface area contributed by atoms with Crippen LogP contribution in [0, 0.1) is 0 Å². The van der Waals surface area contributed by atoms with Crippen LogP contribution in [0.15, 0.2) is 29.2 Å². The van der Waals surface area contributed by atoms with Gasteiger partial charge in [-0.1, -0.05) is 13.8 Å². The van der Waals surface area contributed by atoms with E-state index in [9.17, 15) is 18.3 Å². The van der Waals surface area contributed by atoms with Crippen LogP contribution in [0.1, 0.15) is 26.7 Å². The number of carboxylic acids is 1. The van der Waals surface area contributed by atoms with Gasteiger partial charge in [-0.15, -0.1) is 0 Å². The van der Waals surface area contributed by atoms with Crippen molar-refractivity contribution in [1.82, 2.24) is 4.72 Å². The second-order valence-corrected chi connectivity index (χ2v) is 6.34. The predicted octanol–water partition coefficient (Wildman–Crippen LogP) is 1.65. The van der Waals surface area contributed by atoms with Crippen LogP contribution in [-0.2, 0) is 14.8 Å². The van der Waals surface area contributed by atoms with Crippen LogP contribution in [0.4, 0.5) is 5.69 Å². The molecule has 1 aromatic rings. The topological polar surface area (TPSA) is 95.5 Å². The molecule has 0 amide bonds. The predicted molar refractivity (Wildman–Crippen MR) is 77.3 cm³/mol. The Bertz CT molecular complexity index is 563. The fraction of sp³-hybridized carbons (Fsp3) is 0.462. The van der Waals surface area contributed by atoms with Gasteiger partial charge in [0.25, 0.3) is 0 Å². The Kier molecular flexibility index (Phi) is 5.13. The van der Waals surface area contributed by atoms with E-state index in [0.717, 1.165) is 0 Å².